The molecular formula is C17H16ClFN2O2. The predicted molar refractivity (Wildman–Crippen MR) is 86.4 cm³/mol. The zero-order valence-corrected chi connectivity index (χ0v) is 13.0. The maximum absolute atomic E-state index is 12.8. The monoisotopic (exact) mass is 334 g/mol. The summed E-state index contributed by atoms with van der Waals surface area (Å²) in [5, 5.41) is 3.10. The van der Waals surface area contributed by atoms with E-state index in [1.807, 2.05) is 0 Å². The third-order valence-corrected chi connectivity index (χ3v) is 3.71. The van der Waals surface area contributed by atoms with Crippen LogP contribution in [0.5, 0.6) is 0 Å². The van der Waals surface area contributed by atoms with Crippen LogP contribution in [0.1, 0.15) is 11.1 Å². The van der Waals surface area contributed by atoms with E-state index < -0.39 is 11.9 Å². The highest BCUT2D eigenvalue weighted by atomic mass is 35.5. The van der Waals surface area contributed by atoms with Crippen LogP contribution in [-0.4, -0.2) is 17.9 Å². The fourth-order valence-electron chi connectivity index (χ4n) is 2.14. The Morgan fingerprint density at radius 2 is 1.78 bits per heavy atom. The van der Waals surface area contributed by atoms with Gasteiger partial charge in [-0.25, -0.2) is 4.39 Å². The molecule has 2 rings (SSSR count). The molecule has 0 aliphatic heterocycles. The first-order valence-electron chi connectivity index (χ1n) is 7.02. The van der Waals surface area contributed by atoms with Crippen LogP contribution in [0.4, 0.5) is 4.39 Å². The first-order valence-corrected chi connectivity index (χ1v) is 7.40. The lowest BCUT2D eigenvalue weighted by Crippen LogP contribution is -2.46. The molecule has 0 heterocycles. The Bertz CT molecular complexity index is 704. The van der Waals surface area contributed by atoms with Gasteiger partial charge in [0, 0.05) is 11.4 Å². The van der Waals surface area contributed by atoms with Crippen molar-refractivity contribution in [2.75, 3.05) is 0 Å². The second kappa shape index (κ2) is 7.74. The lowest BCUT2D eigenvalue weighted by Gasteiger charge is -2.16. The number of hydrogen-bond acceptors (Lipinski definition) is 2. The summed E-state index contributed by atoms with van der Waals surface area (Å²) < 4.78 is 12.8. The van der Waals surface area contributed by atoms with Gasteiger partial charge in [0.15, 0.2) is 0 Å². The summed E-state index contributed by atoms with van der Waals surface area (Å²) in [5.74, 6) is -1.38. The molecule has 23 heavy (non-hydrogen) atoms. The van der Waals surface area contributed by atoms with E-state index in [1.165, 1.54) is 24.3 Å². The van der Waals surface area contributed by atoms with Crippen LogP contribution in [0.3, 0.4) is 0 Å². The van der Waals surface area contributed by atoms with Gasteiger partial charge in [-0.2, -0.15) is 0 Å². The molecule has 0 aromatic heterocycles. The molecule has 0 saturated heterocycles. The van der Waals surface area contributed by atoms with Gasteiger partial charge >= 0.3 is 0 Å². The Hall–Kier alpha value is -2.40. The minimum atomic E-state index is -0.858. The Labute approximate surface area is 138 Å². The highest BCUT2D eigenvalue weighted by Crippen LogP contribution is 2.16. The normalized spacial score (nSPS) is 11.7. The van der Waals surface area contributed by atoms with Gasteiger partial charge in [-0.15, -0.1) is 0 Å². The van der Waals surface area contributed by atoms with Crippen LogP contribution in [0, 0.1) is 5.82 Å². The van der Waals surface area contributed by atoms with Crippen LogP contribution in [0.2, 0.25) is 5.02 Å². The number of primary amides is 1. The smallest absolute Gasteiger partial charge is 0.240 e. The standard InChI is InChI=1S/C17H16ClFN2O2/c18-14-4-2-1-3-12(14)10-15(17(20)23)21-16(22)9-11-5-7-13(19)8-6-11/h1-8,15H,9-10H2,(H2,20,23)(H,21,22)/t15-/m1/s1. The van der Waals surface area contributed by atoms with Gasteiger partial charge < -0.3 is 11.1 Å². The summed E-state index contributed by atoms with van der Waals surface area (Å²) in [4.78, 5) is 23.6. The van der Waals surface area contributed by atoms with Crippen molar-refractivity contribution in [1.82, 2.24) is 5.32 Å². The Morgan fingerprint density at radius 1 is 1.13 bits per heavy atom. The van der Waals surface area contributed by atoms with Gasteiger partial charge in [0.05, 0.1) is 6.42 Å². The third-order valence-electron chi connectivity index (χ3n) is 3.34. The molecule has 1 atom stereocenters. The van der Waals surface area contributed by atoms with Crippen molar-refractivity contribution in [2.45, 2.75) is 18.9 Å². The van der Waals surface area contributed by atoms with Gasteiger partial charge in [0.25, 0.3) is 0 Å². The molecular weight excluding hydrogens is 319 g/mol. The molecule has 2 aromatic carbocycles. The van der Waals surface area contributed by atoms with Crippen LogP contribution in [-0.2, 0) is 22.4 Å². The lowest BCUT2D eigenvalue weighted by atomic mass is 10.0. The largest absolute Gasteiger partial charge is 0.368 e. The van der Waals surface area contributed by atoms with Crippen molar-refractivity contribution in [3.05, 3.63) is 70.5 Å². The number of carbonyl (C=O) groups is 2. The molecule has 0 bridgehead atoms. The molecule has 6 heteroatoms. The van der Waals surface area contributed by atoms with E-state index in [4.69, 9.17) is 17.3 Å². The molecule has 0 spiro atoms. The van der Waals surface area contributed by atoms with Crippen molar-refractivity contribution in [1.29, 1.82) is 0 Å². The molecule has 120 valence electrons. The average Bonchev–Trinajstić information content (AvgIpc) is 2.51. The number of rotatable bonds is 6. The maximum Gasteiger partial charge on any atom is 0.240 e. The van der Waals surface area contributed by atoms with Gasteiger partial charge in [0.1, 0.15) is 11.9 Å². The number of nitrogens with one attached hydrogen (secondary N) is 1. The second-order valence-electron chi connectivity index (χ2n) is 5.12. The van der Waals surface area contributed by atoms with E-state index >= 15 is 0 Å². The van der Waals surface area contributed by atoms with Crippen LogP contribution in [0.15, 0.2) is 48.5 Å². The van der Waals surface area contributed by atoms with Gasteiger partial charge in [-0.3, -0.25) is 9.59 Å². The summed E-state index contributed by atoms with van der Waals surface area (Å²) in [7, 11) is 0. The maximum atomic E-state index is 12.8. The first kappa shape index (κ1) is 17.0. The van der Waals surface area contributed by atoms with Gasteiger partial charge in [-0.05, 0) is 29.3 Å². The van der Waals surface area contributed by atoms with Crippen molar-refractivity contribution < 1.29 is 14.0 Å². The number of benzene rings is 2. The lowest BCUT2D eigenvalue weighted by molar-refractivity contribution is -0.127. The number of hydrogen-bond donors (Lipinski definition) is 2. The third kappa shape index (κ3) is 5.07. The van der Waals surface area contributed by atoms with E-state index in [0.717, 1.165) is 5.56 Å². The summed E-state index contributed by atoms with van der Waals surface area (Å²) in [6.07, 6.45) is 0.247. The molecule has 0 aliphatic carbocycles. The SMILES string of the molecule is NC(=O)[C@@H](Cc1ccccc1Cl)NC(=O)Cc1ccc(F)cc1. The Kier molecular flexibility index (Phi) is 5.71. The highest BCUT2D eigenvalue weighted by Gasteiger charge is 2.19. The molecule has 0 unspecified atom stereocenters. The quantitative estimate of drug-likeness (QED) is 0.850. The molecule has 0 radical (unpaired) electrons. The van der Waals surface area contributed by atoms with Crippen molar-refractivity contribution in [2.24, 2.45) is 5.73 Å². The van der Waals surface area contributed by atoms with E-state index in [-0.39, 0.29) is 24.6 Å². The molecule has 2 aromatic rings. The van der Waals surface area contributed by atoms with Crippen molar-refractivity contribution in [3.63, 3.8) is 0 Å². The zero-order valence-electron chi connectivity index (χ0n) is 12.3. The fraction of sp³-hybridized carbons (Fsp3) is 0.176. The van der Waals surface area contributed by atoms with E-state index in [9.17, 15) is 14.0 Å². The first-order chi connectivity index (χ1) is 11.0. The summed E-state index contributed by atoms with van der Waals surface area (Å²) in [6.45, 7) is 0. The molecule has 3 N–H and O–H groups in total. The number of amides is 2. The summed E-state index contributed by atoms with van der Waals surface area (Å²) in [6, 6.07) is 11.8. The van der Waals surface area contributed by atoms with E-state index in [1.54, 1.807) is 24.3 Å². The topological polar surface area (TPSA) is 72.2 Å². The van der Waals surface area contributed by atoms with Crippen molar-refractivity contribution in [3.8, 4) is 0 Å². The highest BCUT2D eigenvalue weighted by molar-refractivity contribution is 6.31. The molecule has 4 nitrogen and oxygen atoms in total. The minimum Gasteiger partial charge on any atom is -0.368 e. The molecule has 0 saturated carbocycles. The molecule has 0 fully saturated rings. The summed E-state index contributed by atoms with van der Waals surface area (Å²) >= 11 is 6.05. The van der Waals surface area contributed by atoms with Crippen LogP contribution in [0.25, 0.3) is 0 Å². The molecule has 0 aliphatic rings. The Morgan fingerprint density at radius 3 is 2.39 bits per heavy atom. The minimum absolute atomic E-state index is 0.0343. The van der Waals surface area contributed by atoms with Crippen LogP contribution >= 0.6 is 11.6 Å². The fourth-order valence-corrected chi connectivity index (χ4v) is 2.35. The second-order valence-corrected chi connectivity index (χ2v) is 5.53. The predicted octanol–water partition coefficient (Wildman–Crippen LogP) is 2.23. The van der Waals surface area contributed by atoms with Gasteiger partial charge in [-0.1, -0.05) is 41.9 Å². The van der Waals surface area contributed by atoms with E-state index in [0.29, 0.717) is 10.6 Å². The zero-order chi connectivity index (χ0) is 16.8. The van der Waals surface area contributed by atoms with Crippen LogP contribution < -0.4 is 11.1 Å². The summed E-state index contributed by atoms with van der Waals surface area (Å²) in [5.41, 5.74) is 6.72. The number of nitrogens with two attached hydrogens (primary N) is 1. The number of carbonyl (C=O) groups excluding carboxylic acids is 2. The van der Waals surface area contributed by atoms with Gasteiger partial charge in [0.2, 0.25) is 11.8 Å². The molecule has 2 amide bonds. The Balaban J connectivity index is 2.01. The average molecular weight is 335 g/mol. The van der Waals surface area contributed by atoms with Crippen molar-refractivity contribution >= 4 is 23.4 Å². The van der Waals surface area contributed by atoms with E-state index in [2.05, 4.69) is 5.32 Å². The number of halogens is 2.